The predicted molar refractivity (Wildman–Crippen MR) is 133 cm³/mol. The maximum atomic E-state index is 13.5. The molecule has 13 nitrogen and oxygen atoms in total. The highest BCUT2D eigenvalue weighted by Gasteiger charge is 2.60. The van der Waals surface area contributed by atoms with Gasteiger partial charge in [-0.05, 0) is 33.6 Å². The molecule has 204 valence electrons. The fourth-order valence-electron chi connectivity index (χ4n) is 5.04. The number of nitrogen functional groups attached to an aromatic ring is 1. The molecule has 5 rings (SSSR count). The first-order valence-electron chi connectivity index (χ1n) is 12.5. The number of hydrogen-bond acceptors (Lipinski definition) is 11. The number of fused-ring (bicyclic) bond motifs is 2. The standard InChI is InChI=1S/C22H32ClN6O7P/c1-4-32-18-15-17(26-21(24)27-18)29(11-25-15)20-22(3,23)16-14(35-20)10-34-37(31,36-16)28-12(2)9-33-19(30)13-7-5-6-8-13/h11-14,16,20H,4-10H2,1-3H3,(H,28,31)(H2,24,26,27)/t12-,14-,16-,20-,22-,37-/m1/s1. The molecule has 2 aromatic heterocycles. The van der Waals surface area contributed by atoms with E-state index in [1.165, 1.54) is 6.33 Å². The zero-order valence-electron chi connectivity index (χ0n) is 21.0. The molecule has 3 aliphatic rings. The van der Waals surface area contributed by atoms with Gasteiger partial charge in [0.25, 0.3) is 0 Å². The second-order valence-electron chi connectivity index (χ2n) is 9.78. The van der Waals surface area contributed by atoms with Crippen molar-refractivity contribution in [3.8, 4) is 5.88 Å². The average molecular weight is 559 g/mol. The fourth-order valence-corrected chi connectivity index (χ4v) is 7.25. The van der Waals surface area contributed by atoms with Crippen LogP contribution in [0.5, 0.6) is 5.88 Å². The summed E-state index contributed by atoms with van der Waals surface area (Å²) in [6.45, 7) is 5.70. The molecule has 1 saturated carbocycles. The van der Waals surface area contributed by atoms with Crippen molar-refractivity contribution >= 4 is 42.4 Å². The van der Waals surface area contributed by atoms with Crippen LogP contribution in [0.1, 0.15) is 52.7 Å². The van der Waals surface area contributed by atoms with Gasteiger partial charge in [-0.2, -0.15) is 9.97 Å². The summed E-state index contributed by atoms with van der Waals surface area (Å²) in [5.41, 5.74) is 6.68. The number of halogens is 1. The minimum Gasteiger partial charge on any atom is -0.476 e. The first-order chi connectivity index (χ1) is 17.6. The largest absolute Gasteiger partial charge is 0.476 e. The third-order valence-electron chi connectivity index (χ3n) is 6.82. The number of imidazole rings is 1. The number of nitrogens with one attached hydrogen (secondary N) is 1. The van der Waals surface area contributed by atoms with Crippen LogP contribution in [0.15, 0.2) is 6.33 Å². The number of ether oxygens (including phenoxy) is 3. The van der Waals surface area contributed by atoms with Crippen LogP contribution >= 0.6 is 19.3 Å². The normalized spacial score (nSPS) is 32.9. The summed E-state index contributed by atoms with van der Waals surface area (Å²) in [7, 11) is -3.78. The topological polar surface area (TPSA) is 162 Å². The van der Waals surface area contributed by atoms with Crippen molar-refractivity contribution in [1.82, 2.24) is 24.6 Å². The van der Waals surface area contributed by atoms with Crippen LogP contribution in [-0.2, 0) is 27.9 Å². The van der Waals surface area contributed by atoms with Gasteiger partial charge in [0.15, 0.2) is 17.4 Å². The molecular formula is C22H32ClN6O7P. The van der Waals surface area contributed by atoms with Crippen LogP contribution < -0.4 is 15.6 Å². The molecule has 6 atom stereocenters. The average Bonchev–Trinajstić information content (AvgIpc) is 3.57. The molecule has 4 heterocycles. The molecule has 0 unspecified atom stereocenters. The SMILES string of the molecule is CCOc1nc(N)nc2c1ncn2[C@@H]1O[C@@H]2CO[P@](=O)(N[C@H](C)COC(=O)C3CCCC3)O[C@H]2[C@@]1(C)Cl. The van der Waals surface area contributed by atoms with E-state index >= 15 is 0 Å². The lowest BCUT2D eigenvalue weighted by Crippen LogP contribution is -2.46. The van der Waals surface area contributed by atoms with Crippen LogP contribution in [0, 0.1) is 5.92 Å². The fraction of sp³-hybridized carbons (Fsp3) is 0.727. The van der Waals surface area contributed by atoms with Crippen LogP contribution in [0.2, 0.25) is 0 Å². The summed E-state index contributed by atoms with van der Waals surface area (Å²) in [5.74, 6) is -0.00774. The summed E-state index contributed by atoms with van der Waals surface area (Å²) in [6.07, 6.45) is 3.11. The zero-order chi connectivity index (χ0) is 26.4. The first kappa shape index (κ1) is 26.6. The van der Waals surface area contributed by atoms with E-state index in [0.29, 0.717) is 17.8 Å². The second-order valence-corrected chi connectivity index (χ2v) is 12.3. The minimum atomic E-state index is -3.78. The van der Waals surface area contributed by atoms with E-state index in [-0.39, 0.29) is 36.9 Å². The maximum Gasteiger partial charge on any atom is 0.406 e. The van der Waals surface area contributed by atoms with Crippen molar-refractivity contribution in [2.45, 2.75) is 75.8 Å². The summed E-state index contributed by atoms with van der Waals surface area (Å²) >= 11 is 7.00. The van der Waals surface area contributed by atoms with E-state index in [2.05, 4.69) is 20.0 Å². The van der Waals surface area contributed by atoms with Gasteiger partial charge in [0.1, 0.15) is 23.7 Å². The predicted octanol–water partition coefficient (Wildman–Crippen LogP) is 2.94. The molecule has 2 aromatic rings. The Balaban J connectivity index is 1.29. The Morgan fingerprint density at radius 3 is 2.89 bits per heavy atom. The first-order valence-corrected chi connectivity index (χ1v) is 14.4. The van der Waals surface area contributed by atoms with E-state index in [9.17, 15) is 9.36 Å². The van der Waals surface area contributed by atoms with E-state index in [4.69, 9.17) is 40.6 Å². The number of carbonyl (C=O) groups is 1. The minimum absolute atomic E-state index is 0.0142. The smallest absolute Gasteiger partial charge is 0.406 e. The van der Waals surface area contributed by atoms with E-state index in [1.54, 1.807) is 18.4 Å². The molecule has 0 spiro atoms. The number of nitrogens with zero attached hydrogens (tertiary/aromatic N) is 4. The molecule has 2 saturated heterocycles. The van der Waals surface area contributed by atoms with Crippen LogP contribution in [0.25, 0.3) is 11.2 Å². The van der Waals surface area contributed by atoms with E-state index in [1.807, 2.05) is 6.92 Å². The second kappa shape index (κ2) is 10.3. The molecule has 37 heavy (non-hydrogen) atoms. The van der Waals surface area contributed by atoms with Crippen LogP contribution in [0.4, 0.5) is 5.95 Å². The lowest BCUT2D eigenvalue weighted by atomic mass is 10.0. The molecule has 15 heteroatoms. The van der Waals surface area contributed by atoms with Gasteiger partial charge in [-0.25, -0.2) is 14.6 Å². The van der Waals surface area contributed by atoms with Crippen molar-refractivity contribution in [2.75, 3.05) is 25.6 Å². The summed E-state index contributed by atoms with van der Waals surface area (Å²) in [5, 5.41) is 2.85. The summed E-state index contributed by atoms with van der Waals surface area (Å²) < 4.78 is 43.8. The Morgan fingerprint density at radius 1 is 1.41 bits per heavy atom. The van der Waals surface area contributed by atoms with Gasteiger partial charge in [-0.1, -0.05) is 12.8 Å². The maximum absolute atomic E-state index is 13.5. The Hall–Kier alpha value is -2.02. The van der Waals surface area contributed by atoms with Gasteiger partial charge in [0.2, 0.25) is 11.8 Å². The highest BCUT2D eigenvalue weighted by molar-refractivity contribution is 7.51. The Kier molecular flexibility index (Phi) is 7.38. The number of alkyl halides is 1. The molecule has 3 N–H and O–H groups in total. The lowest BCUT2D eigenvalue weighted by molar-refractivity contribution is -0.148. The molecule has 2 aliphatic heterocycles. The molecule has 0 amide bonds. The number of esters is 1. The number of anilines is 1. The molecule has 1 aliphatic carbocycles. The number of aromatic nitrogens is 4. The van der Waals surface area contributed by atoms with Gasteiger partial charge in [-0.15, -0.1) is 11.6 Å². The lowest BCUT2D eigenvalue weighted by Gasteiger charge is -2.36. The highest BCUT2D eigenvalue weighted by atomic mass is 35.5. The van der Waals surface area contributed by atoms with E-state index in [0.717, 1.165) is 25.7 Å². The zero-order valence-corrected chi connectivity index (χ0v) is 22.6. The molecule has 0 bridgehead atoms. The highest BCUT2D eigenvalue weighted by Crippen LogP contribution is 2.57. The van der Waals surface area contributed by atoms with Crippen molar-refractivity contribution in [3.05, 3.63) is 6.33 Å². The number of rotatable bonds is 8. The van der Waals surface area contributed by atoms with Crippen LogP contribution in [0.3, 0.4) is 0 Å². The third kappa shape index (κ3) is 5.17. The Bertz CT molecular complexity index is 1210. The van der Waals surface area contributed by atoms with E-state index < -0.39 is 37.1 Å². The Labute approximate surface area is 219 Å². The molecular weight excluding hydrogens is 527 g/mol. The molecule has 0 radical (unpaired) electrons. The Morgan fingerprint density at radius 2 is 2.16 bits per heavy atom. The van der Waals surface area contributed by atoms with Gasteiger partial charge in [-0.3, -0.25) is 18.4 Å². The number of nitrogens with two attached hydrogens (primary N) is 1. The number of carbonyl (C=O) groups excluding carboxylic acids is 1. The van der Waals surface area contributed by atoms with Gasteiger partial charge < -0.3 is 19.9 Å². The van der Waals surface area contributed by atoms with Crippen molar-refractivity contribution < 1.29 is 32.6 Å². The van der Waals surface area contributed by atoms with Gasteiger partial charge in [0, 0.05) is 6.04 Å². The number of hydrogen-bond donors (Lipinski definition) is 2. The summed E-state index contributed by atoms with van der Waals surface area (Å²) in [6, 6.07) is -0.471. The van der Waals surface area contributed by atoms with Gasteiger partial charge in [0.05, 0.1) is 25.5 Å². The van der Waals surface area contributed by atoms with Crippen molar-refractivity contribution in [2.24, 2.45) is 5.92 Å². The third-order valence-corrected chi connectivity index (χ3v) is 8.98. The molecule has 3 fully saturated rings. The van der Waals surface area contributed by atoms with Crippen LogP contribution in [-0.4, -0.2) is 68.4 Å². The van der Waals surface area contributed by atoms with Crippen molar-refractivity contribution in [3.63, 3.8) is 0 Å². The summed E-state index contributed by atoms with van der Waals surface area (Å²) in [4.78, 5) is 23.8. The quantitative estimate of drug-likeness (QED) is 0.277. The van der Waals surface area contributed by atoms with Gasteiger partial charge >= 0.3 is 13.7 Å². The molecule has 0 aromatic carbocycles. The monoisotopic (exact) mass is 558 g/mol. The van der Waals surface area contributed by atoms with Crippen molar-refractivity contribution in [1.29, 1.82) is 0 Å².